The first-order chi connectivity index (χ1) is 8.56. The number of hydrogen-bond donors (Lipinski definition) is 3. The van der Waals surface area contributed by atoms with Gasteiger partial charge >= 0.3 is 0 Å². The molecule has 0 saturated carbocycles. The highest BCUT2D eigenvalue weighted by Crippen LogP contribution is 2.12. The molecule has 0 radical (unpaired) electrons. The molecule has 0 saturated heterocycles. The molecule has 0 heterocycles. The Morgan fingerprint density at radius 2 is 2.33 bits per heavy atom. The molecular weight excluding hydrogens is 234 g/mol. The highest BCUT2D eigenvalue weighted by atomic mass is 16.5. The topological polar surface area (TPSA) is 96.9 Å². The molecule has 0 spiro atoms. The van der Waals surface area contributed by atoms with Crippen LogP contribution in [0.2, 0.25) is 0 Å². The average Bonchev–Trinajstić information content (AvgIpc) is 2.37. The molecule has 1 rings (SSSR count). The van der Waals surface area contributed by atoms with Crippen molar-refractivity contribution in [2.75, 3.05) is 7.11 Å². The molecule has 4 N–H and O–H groups in total. The van der Waals surface area contributed by atoms with E-state index in [4.69, 9.17) is 15.7 Å². The fraction of sp³-hybridized carbons (Fsp3) is 0.333. The largest absolute Gasteiger partial charge is 0.497 e. The molecule has 1 aromatic carbocycles. The summed E-state index contributed by atoms with van der Waals surface area (Å²) in [5, 5.41) is 13.9. The Labute approximate surface area is 105 Å². The zero-order valence-electron chi connectivity index (χ0n) is 10.4. The Bertz CT molecular complexity index is 446. The quantitative estimate of drug-likeness (QED) is 0.307. The predicted molar refractivity (Wildman–Crippen MR) is 67.7 cm³/mol. The Hall–Kier alpha value is -2.24. The highest BCUT2D eigenvalue weighted by molar-refractivity contribution is 5.90. The predicted octanol–water partition coefficient (Wildman–Crippen LogP) is 0.489. The van der Waals surface area contributed by atoms with Crippen molar-refractivity contribution >= 4 is 11.7 Å². The van der Waals surface area contributed by atoms with Gasteiger partial charge in [0.25, 0.3) is 0 Å². The van der Waals surface area contributed by atoms with Gasteiger partial charge in [-0.1, -0.05) is 17.3 Å². The molecule has 98 valence electrons. The molecule has 0 aliphatic heterocycles. The van der Waals surface area contributed by atoms with Gasteiger partial charge in [-0.3, -0.25) is 4.79 Å². The summed E-state index contributed by atoms with van der Waals surface area (Å²) in [6, 6.07) is 6.73. The van der Waals surface area contributed by atoms with Gasteiger partial charge in [-0.25, -0.2) is 0 Å². The van der Waals surface area contributed by atoms with Gasteiger partial charge < -0.3 is 21.0 Å². The number of nitrogens with one attached hydrogen (secondary N) is 1. The Morgan fingerprint density at radius 3 is 2.94 bits per heavy atom. The van der Waals surface area contributed by atoms with Crippen molar-refractivity contribution in [3.8, 4) is 5.75 Å². The van der Waals surface area contributed by atoms with Crippen LogP contribution in [0.1, 0.15) is 12.5 Å². The normalized spacial score (nSPS) is 12.9. The number of oxime groups is 1. The minimum absolute atomic E-state index is 0.0333. The van der Waals surface area contributed by atoms with Crippen molar-refractivity contribution in [2.45, 2.75) is 19.4 Å². The van der Waals surface area contributed by atoms with E-state index in [-0.39, 0.29) is 18.2 Å². The second kappa shape index (κ2) is 6.48. The molecule has 1 unspecified atom stereocenters. The van der Waals surface area contributed by atoms with E-state index in [0.29, 0.717) is 5.75 Å². The molecule has 0 fully saturated rings. The van der Waals surface area contributed by atoms with Crippen molar-refractivity contribution in [1.82, 2.24) is 5.32 Å². The van der Waals surface area contributed by atoms with E-state index < -0.39 is 6.04 Å². The Morgan fingerprint density at radius 1 is 1.61 bits per heavy atom. The second-order valence-corrected chi connectivity index (χ2v) is 3.84. The fourth-order valence-corrected chi connectivity index (χ4v) is 1.42. The molecule has 0 aromatic heterocycles. The van der Waals surface area contributed by atoms with Gasteiger partial charge in [0.1, 0.15) is 5.75 Å². The number of rotatable bonds is 5. The lowest BCUT2D eigenvalue weighted by Crippen LogP contribution is -2.43. The number of benzene rings is 1. The number of ether oxygens (including phenoxy) is 1. The molecule has 1 amide bonds. The molecule has 1 atom stereocenters. The highest BCUT2D eigenvalue weighted by Gasteiger charge is 2.11. The maximum atomic E-state index is 11.7. The Kier molecular flexibility index (Phi) is 4.98. The van der Waals surface area contributed by atoms with Crippen LogP contribution >= 0.6 is 0 Å². The van der Waals surface area contributed by atoms with E-state index in [0.717, 1.165) is 5.56 Å². The van der Waals surface area contributed by atoms with Gasteiger partial charge in [0.15, 0.2) is 5.84 Å². The summed E-state index contributed by atoms with van der Waals surface area (Å²) >= 11 is 0. The number of amidine groups is 1. The number of nitrogens with zero attached hydrogens (tertiary/aromatic N) is 1. The molecule has 6 heteroatoms. The maximum Gasteiger partial charge on any atom is 0.225 e. The van der Waals surface area contributed by atoms with Gasteiger partial charge in [0.2, 0.25) is 5.91 Å². The second-order valence-electron chi connectivity index (χ2n) is 3.84. The first-order valence-corrected chi connectivity index (χ1v) is 5.46. The fourth-order valence-electron chi connectivity index (χ4n) is 1.42. The third kappa shape index (κ3) is 3.97. The summed E-state index contributed by atoms with van der Waals surface area (Å²) < 4.78 is 5.07. The van der Waals surface area contributed by atoms with E-state index in [1.165, 1.54) is 0 Å². The number of carbonyl (C=O) groups is 1. The van der Waals surface area contributed by atoms with Crippen LogP contribution in [-0.2, 0) is 11.2 Å². The smallest absolute Gasteiger partial charge is 0.225 e. The lowest BCUT2D eigenvalue weighted by Gasteiger charge is -2.12. The van der Waals surface area contributed by atoms with Gasteiger partial charge in [0.05, 0.1) is 19.6 Å². The molecule has 1 aromatic rings. The molecule has 0 bridgehead atoms. The average molecular weight is 251 g/mol. The van der Waals surface area contributed by atoms with E-state index >= 15 is 0 Å². The van der Waals surface area contributed by atoms with Crippen LogP contribution < -0.4 is 15.8 Å². The monoisotopic (exact) mass is 251 g/mol. The van der Waals surface area contributed by atoms with E-state index in [2.05, 4.69) is 10.5 Å². The van der Waals surface area contributed by atoms with Crippen LogP contribution in [0.3, 0.4) is 0 Å². The van der Waals surface area contributed by atoms with E-state index in [1.54, 1.807) is 26.2 Å². The zero-order valence-corrected chi connectivity index (χ0v) is 10.4. The zero-order chi connectivity index (χ0) is 13.5. The summed E-state index contributed by atoms with van der Waals surface area (Å²) in [7, 11) is 1.57. The molecule has 6 nitrogen and oxygen atoms in total. The number of methoxy groups -OCH3 is 1. The van der Waals surface area contributed by atoms with Crippen LogP contribution in [0.25, 0.3) is 0 Å². The molecular formula is C12H17N3O3. The van der Waals surface area contributed by atoms with Crippen molar-refractivity contribution in [3.63, 3.8) is 0 Å². The van der Waals surface area contributed by atoms with Crippen LogP contribution in [0.4, 0.5) is 0 Å². The summed E-state index contributed by atoms with van der Waals surface area (Å²) in [6.45, 7) is 1.64. The van der Waals surface area contributed by atoms with Gasteiger partial charge in [-0.2, -0.15) is 0 Å². The summed E-state index contributed by atoms with van der Waals surface area (Å²) in [5.41, 5.74) is 6.20. The Balaban J connectivity index is 2.59. The van der Waals surface area contributed by atoms with E-state index in [9.17, 15) is 4.79 Å². The van der Waals surface area contributed by atoms with Crippen LogP contribution in [-0.4, -0.2) is 30.1 Å². The third-order valence-electron chi connectivity index (χ3n) is 2.44. The van der Waals surface area contributed by atoms with Gasteiger partial charge in [-0.05, 0) is 24.6 Å². The van der Waals surface area contributed by atoms with Crippen molar-refractivity contribution < 1.29 is 14.7 Å². The first-order valence-electron chi connectivity index (χ1n) is 5.46. The first kappa shape index (κ1) is 13.8. The summed E-state index contributed by atoms with van der Waals surface area (Å²) in [5.74, 6) is 0.459. The minimum Gasteiger partial charge on any atom is -0.497 e. The number of hydrogen-bond acceptors (Lipinski definition) is 4. The third-order valence-corrected chi connectivity index (χ3v) is 2.44. The van der Waals surface area contributed by atoms with E-state index in [1.807, 2.05) is 12.1 Å². The molecule has 0 aliphatic carbocycles. The van der Waals surface area contributed by atoms with Crippen LogP contribution in [0.5, 0.6) is 5.75 Å². The minimum atomic E-state index is -0.506. The standard InChI is InChI=1S/C12H17N3O3/c1-8(12(13)15-17)14-11(16)7-9-4-3-5-10(6-9)18-2/h3-6,8,17H,7H2,1-2H3,(H2,13,15)(H,14,16). The summed E-state index contributed by atoms with van der Waals surface area (Å²) in [6.07, 6.45) is 0.209. The van der Waals surface area contributed by atoms with Crippen molar-refractivity contribution in [2.24, 2.45) is 10.9 Å². The van der Waals surface area contributed by atoms with Crippen molar-refractivity contribution in [3.05, 3.63) is 29.8 Å². The van der Waals surface area contributed by atoms with Crippen LogP contribution in [0, 0.1) is 0 Å². The SMILES string of the molecule is COc1cccc(CC(=O)NC(C)/C(N)=N/O)c1. The van der Waals surface area contributed by atoms with Gasteiger partial charge in [0, 0.05) is 0 Å². The molecule has 0 aliphatic rings. The lowest BCUT2D eigenvalue weighted by molar-refractivity contribution is -0.120. The van der Waals surface area contributed by atoms with Gasteiger partial charge in [-0.15, -0.1) is 0 Å². The molecule has 18 heavy (non-hydrogen) atoms. The maximum absolute atomic E-state index is 11.7. The van der Waals surface area contributed by atoms with Crippen molar-refractivity contribution in [1.29, 1.82) is 0 Å². The number of carbonyl (C=O) groups excluding carboxylic acids is 1. The lowest BCUT2D eigenvalue weighted by atomic mass is 10.1. The van der Waals surface area contributed by atoms with Crippen LogP contribution in [0.15, 0.2) is 29.4 Å². The number of nitrogens with two attached hydrogens (primary N) is 1. The summed E-state index contributed by atoms with van der Waals surface area (Å²) in [4.78, 5) is 11.7. The number of amides is 1.